The zero-order chi connectivity index (χ0) is 20.3. The van der Waals surface area contributed by atoms with Crippen LogP contribution in [0.2, 0.25) is 10.0 Å². The third-order valence-electron chi connectivity index (χ3n) is 4.99. The minimum absolute atomic E-state index is 0.361. The lowest BCUT2D eigenvalue weighted by molar-refractivity contribution is -0.142. The van der Waals surface area contributed by atoms with Gasteiger partial charge in [-0.1, -0.05) is 41.4 Å². The monoisotopic (exact) mass is 423 g/mol. The number of carbonyl (C=O) groups is 1. The lowest BCUT2D eigenvalue weighted by Crippen LogP contribution is -2.39. The maximum Gasteiger partial charge on any atom is 0.320 e. The summed E-state index contributed by atoms with van der Waals surface area (Å²) in [6.07, 6.45) is 1.40. The number of carboxylic acids is 1. The first kappa shape index (κ1) is 20.8. The number of benzene rings is 2. The van der Waals surface area contributed by atoms with Crippen molar-refractivity contribution in [3.63, 3.8) is 0 Å². The Morgan fingerprint density at radius 3 is 2.75 bits per heavy atom. The number of likely N-dealkylation sites (tertiary alicyclic amines) is 1. The molecule has 1 aliphatic rings. The van der Waals surface area contributed by atoms with Crippen LogP contribution in [0, 0.1) is 0 Å². The summed E-state index contributed by atoms with van der Waals surface area (Å²) >= 11 is 12.8. The van der Waals surface area contributed by atoms with E-state index >= 15 is 0 Å². The third-order valence-corrected chi connectivity index (χ3v) is 5.82. The number of ether oxygens (including phenoxy) is 2. The molecular formula is C21H23Cl2NO4. The van der Waals surface area contributed by atoms with Crippen LogP contribution >= 0.6 is 23.2 Å². The van der Waals surface area contributed by atoms with E-state index in [9.17, 15) is 9.90 Å². The maximum atomic E-state index is 11.9. The minimum atomic E-state index is -0.834. The van der Waals surface area contributed by atoms with Crippen LogP contribution in [0.5, 0.6) is 11.5 Å². The summed E-state index contributed by atoms with van der Waals surface area (Å²) in [6, 6.07) is 10.1. The van der Waals surface area contributed by atoms with Gasteiger partial charge in [-0.25, -0.2) is 0 Å². The Hall–Kier alpha value is -1.95. The predicted octanol–water partition coefficient (Wildman–Crippen LogP) is 5.04. The summed E-state index contributed by atoms with van der Waals surface area (Å²) in [7, 11) is 1.59. The van der Waals surface area contributed by atoms with Crippen molar-refractivity contribution >= 4 is 29.2 Å². The molecule has 0 saturated carbocycles. The molecule has 1 fully saturated rings. The lowest BCUT2D eigenvalue weighted by Gasteiger charge is -2.33. The van der Waals surface area contributed by atoms with Crippen molar-refractivity contribution in [2.24, 2.45) is 0 Å². The first-order valence-corrected chi connectivity index (χ1v) is 9.96. The zero-order valence-corrected chi connectivity index (χ0v) is 17.3. The van der Waals surface area contributed by atoms with Crippen LogP contribution in [-0.2, 0) is 4.79 Å². The van der Waals surface area contributed by atoms with E-state index in [1.54, 1.807) is 13.2 Å². The number of methoxy groups -OCH3 is 1. The molecule has 1 N–H and O–H groups in total. The van der Waals surface area contributed by atoms with Gasteiger partial charge < -0.3 is 14.6 Å². The predicted molar refractivity (Wildman–Crippen MR) is 110 cm³/mol. The number of halogens is 2. The molecule has 0 bridgehead atoms. The van der Waals surface area contributed by atoms with E-state index in [0.717, 1.165) is 17.5 Å². The van der Waals surface area contributed by atoms with E-state index in [1.807, 2.05) is 42.2 Å². The first-order chi connectivity index (χ1) is 13.5. The molecule has 1 aliphatic heterocycles. The molecule has 2 aromatic carbocycles. The molecule has 1 heterocycles. The van der Waals surface area contributed by atoms with E-state index in [2.05, 4.69) is 0 Å². The van der Waals surface area contributed by atoms with Gasteiger partial charge in [-0.05, 0) is 49.1 Å². The summed E-state index contributed by atoms with van der Waals surface area (Å²) in [4.78, 5) is 13.8. The third kappa shape index (κ3) is 4.07. The number of carboxylic acid groups (broad SMARTS) is 1. The molecule has 0 spiro atoms. The SMILES string of the molecule is CCOc1cc(C(c2cccc(Cl)c2Cl)N2CCCC2C(=O)O)ccc1OC. The second-order valence-corrected chi connectivity index (χ2v) is 7.41. The number of rotatable bonds is 7. The van der Waals surface area contributed by atoms with Crippen LogP contribution in [0.25, 0.3) is 0 Å². The van der Waals surface area contributed by atoms with Crippen LogP contribution in [0.15, 0.2) is 36.4 Å². The average molecular weight is 424 g/mol. The molecule has 5 nitrogen and oxygen atoms in total. The number of hydrogen-bond acceptors (Lipinski definition) is 4. The van der Waals surface area contributed by atoms with Crippen molar-refractivity contribution in [1.29, 1.82) is 0 Å². The Balaban J connectivity index is 2.15. The highest BCUT2D eigenvalue weighted by Crippen LogP contribution is 2.42. The van der Waals surface area contributed by atoms with Gasteiger partial charge in [0.15, 0.2) is 11.5 Å². The van der Waals surface area contributed by atoms with Crippen molar-refractivity contribution in [2.75, 3.05) is 20.3 Å². The van der Waals surface area contributed by atoms with Crippen molar-refractivity contribution in [3.05, 3.63) is 57.6 Å². The fourth-order valence-corrected chi connectivity index (χ4v) is 4.19. The highest BCUT2D eigenvalue weighted by atomic mass is 35.5. The van der Waals surface area contributed by atoms with E-state index in [4.69, 9.17) is 32.7 Å². The molecule has 0 aliphatic carbocycles. The zero-order valence-electron chi connectivity index (χ0n) is 15.8. The van der Waals surface area contributed by atoms with Gasteiger partial charge in [-0.15, -0.1) is 0 Å². The summed E-state index contributed by atoms with van der Waals surface area (Å²) < 4.78 is 11.1. The Morgan fingerprint density at radius 1 is 1.29 bits per heavy atom. The largest absolute Gasteiger partial charge is 0.493 e. The van der Waals surface area contributed by atoms with Gasteiger partial charge in [-0.3, -0.25) is 9.69 Å². The Labute approximate surface area is 174 Å². The van der Waals surface area contributed by atoms with E-state index in [1.165, 1.54) is 0 Å². The first-order valence-electron chi connectivity index (χ1n) is 9.21. The molecule has 0 radical (unpaired) electrons. The fourth-order valence-electron chi connectivity index (χ4n) is 3.78. The van der Waals surface area contributed by atoms with Crippen LogP contribution in [0.3, 0.4) is 0 Å². The molecule has 3 rings (SSSR count). The van der Waals surface area contributed by atoms with Crippen molar-refractivity contribution in [2.45, 2.75) is 31.8 Å². The Kier molecular flexibility index (Phi) is 6.70. The normalized spacial score (nSPS) is 18.1. The summed E-state index contributed by atoms with van der Waals surface area (Å²) in [5, 5.41) is 10.6. The van der Waals surface area contributed by atoms with Crippen LogP contribution in [0.1, 0.15) is 36.9 Å². The summed E-state index contributed by atoms with van der Waals surface area (Å²) in [5.74, 6) is 0.397. The molecule has 2 aromatic rings. The maximum absolute atomic E-state index is 11.9. The van der Waals surface area contributed by atoms with Gasteiger partial charge in [0.2, 0.25) is 0 Å². The molecule has 7 heteroatoms. The number of aliphatic carboxylic acids is 1. The number of hydrogen-bond donors (Lipinski definition) is 1. The second kappa shape index (κ2) is 9.03. The van der Waals surface area contributed by atoms with Crippen molar-refractivity contribution < 1.29 is 19.4 Å². The van der Waals surface area contributed by atoms with Crippen LogP contribution < -0.4 is 9.47 Å². The van der Waals surface area contributed by atoms with Gasteiger partial charge in [-0.2, -0.15) is 0 Å². The highest BCUT2D eigenvalue weighted by molar-refractivity contribution is 6.42. The van der Waals surface area contributed by atoms with Crippen molar-refractivity contribution in [1.82, 2.24) is 4.90 Å². The lowest BCUT2D eigenvalue weighted by atomic mass is 9.95. The molecule has 28 heavy (non-hydrogen) atoms. The molecule has 1 saturated heterocycles. The minimum Gasteiger partial charge on any atom is -0.493 e. The summed E-state index contributed by atoms with van der Waals surface area (Å²) in [6.45, 7) is 3.04. The van der Waals surface area contributed by atoms with Gasteiger partial charge >= 0.3 is 5.97 Å². The second-order valence-electron chi connectivity index (χ2n) is 6.62. The Morgan fingerprint density at radius 2 is 2.07 bits per heavy atom. The van der Waals surface area contributed by atoms with Crippen LogP contribution in [0.4, 0.5) is 0 Å². The molecule has 0 amide bonds. The topological polar surface area (TPSA) is 59.0 Å². The highest BCUT2D eigenvalue weighted by Gasteiger charge is 2.38. The molecule has 2 atom stereocenters. The van der Waals surface area contributed by atoms with Gasteiger partial charge in [0.25, 0.3) is 0 Å². The van der Waals surface area contributed by atoms with Crippen molar-refractivity contribution in [3.8, 4) is 11.5 Å². The van der Waals surface area contributed by atoms with Gasteiger partial charge in [0.05, 0.1) is 29.8 Å². The van der Waals surface area contributed by atoms with Crippen LogP contribution in [-0.4, -0.2) is 42.3 Å². The molecule has 2 unspecified atom stereocenters. The smallest absolute Gasteiger partial charge is 0.320 e. The van der Waals surface area contributed by atoms with E-state index in [0.29, 0.717) is 41.1 Å². The molecule has 0 aromatic heterocycles. The standard InChI is InChI=1S/C21H23Cl2NO4/c1-3-28-18-12-13(9-10-17(18)27-2)20(14-6-4-7-15(22)19(14)23)24-11-5-8-16(24)21(25)26/h4,6-7,9-10,12,16,20H,3,5,8,11H2,1-2H3,(H,25,26). The van der Waals surface area contributed by atoms with Gasteiger partial charge in [0.1, 0.15) is 6.04 Å². The van der Waals surface area contributed by atoms with E-state index in [-0.39, 0.29) is 6.04 Å². The summed E-state index contributed by atoms with van der Waals surface area (Å²) in [5.41, 5.74) is 1.65. The molecule has 150 valence electrons. The van der Waals surface area contributed by atoms with E-state index < -0.39 is 12.0 Å². The number of nitrogens with zero attached hydrogens (tertiary/aromatic N) is 1. The molecular weight excluding hydrogens is 401 g/mol. The van der Waals surface area contributed by atoms with Gasteiger partial charge in [0, 0.05) is 6.54 Å². The Bertz CT molecular complexity index is 858. The average Bonchev–Trinajstić information content (AvgIpc) is 3.16. The quantitative estimate of drug-likeness (QED) is 0.675. The fraction of sp³-hybridized carbons (Fsp3) is 0.381.